The summed E-state index contributed by atoms with van der Waals surface area (Å²) in [6.45, 7) is 12.2. The molecule has 0 saturated heterocycles. The maximum Gasteiger partial charge on any atom is 0.138 e. The van der Waals surface area contributed by atoms with Gasteiger partial charge in [-0.3, -0.25) is 4.90 Å². The van der Waals surface area contributed by atoms with Crippen molar-refractivity contribution in [2.75, 3.05) is 0 Å². The van der Waals surface area contributed by atoms with Gasteiger partial charge in [0.25, 0.3) is 0 Å². The largest absolute Gasteiger partial charge is 0.361 e. The molecule has 0 bridgehead atoms. The van der Waals surface area contributed by atoms with E-state index in [0.29, 0.717) is 6.04 Å². The minimum Gasteiger partial charge on any atom is -0.361 e. The molecule has 0 radical (unpaired) electrons. The maximum absolute atomic E-state index is 5.38. The van der Waals surface area contributed by atoms with E-state index in [4.69, 9.17) is 9.05 Å². The Labute approximate surface area is 144 Å². The molecule has 2 aromatic heterocycles. The Morgan fingerprint density at radius 3 is 1.88 bits per heavy atom. The first-order valence-electron chi connectivity index (χ1n) is 9.03. The van der Waals surface area contributed by atoms with Crippen molar-refractivity contribution < 1.29 is 9.05 Å². The fourth-order valence-electron chi connectivity index (χ4n) is 3.91. The van der Waals surface area contributed by atoms with Crippen molar-refractivity contribution in [3.05, 3.63) is 34.0 Å². The summed E-state index contributed by atoms with van der Waals surface area (Å²) < 4.78 is 10.8. The van der Waals surface area contributed by atoms with E-state index >= 15 is 0 Å². The number of rotatable bonds is 5. The van der Waals surface area contributed by atoms with Gasteiger partial charge in [-0.2, -0.15) is 0 Å². The summed E-state index contributed by atoms with van der Waals surface area (Å²) in [5, 5.41) is 8.26. The molecule has 1 fully saturated rings. The van der Waals surface area contributed by atoms with Crippen LogP contribution in [0.3, 0.4) is 0 Å². The van der Waals surface area contributed by atoms with E-state index in [2.05, 4.69) is 22.1 Å². The molecule has 1 saturated carbocycles. The Hall–Kier alpha value is -1.62. The Bertz CT molecular complexity index is 602. The predicted molar refractivity (Wildman–Crippen MR) is 92.6 cm³/mol. The van der Waals surface area contributed by atoms with Crippen molar-refractivity contribution in [3.63, 3.8) is 0 Å². The summed E-state index contributed by atoms with van der Waals surface area (Å²) in [7, 11) is 0. The van der Waals surface area contributed by atoms with Crippen LogP contribution in [0.2, 0.25) is 0 Å². The zero-order chi connectivity index (χ0) is 17.3. The van der Waals surface area contributed by atoms with E-state index in [1.54, 1.807) is 0 Å². The van der Waals surface area contributed by atoms with Crippen LogP contribution in [0.25, 0.3) is 0 Å². The lowest BCUT2D eigenvalue weighted by atomic mass is 9.85. The molecule has 5 heteroatoms. The minimum atomic E-state index is 0.594. The summed E-state index contributed by atoms with van der Waals surface area (Å²) in [4.78, 5) is 2.58. The molecular formula is C19H29N3O2. The van der Waals surface area contributed by atoms with E-state index < -0.39 is 0 Å². The highest BCUT2D eigenvalue weighted by atomic mass is 16.5. The number of aryl methyl sites for hydroxylation is 4. The second-order valence-electron chi connectivity index (χ2n) is 7.44. The van der Waals surface area contributed by atoms with Crippen molar-refractivity contribution in [1.82, 2.24) is 15.2 Å². The molecule has 3 rings (SSSR count). The van der Waals surface area contributed by atoms with Gasteiger partial charge in [0.15, 0.2) is 0 Å². The average molecular weight is 331 g/mol. The molecule has 1 aliphatic carbocycles. The van der Waals surface area contributed by atoms with Crippen LogP contribution in [0, 0.1) is 33.6 Å². The highest BCUT2D eigenvalue weighted by Crippen LogP contribution is 2.31. The molecule has 24 heavy (non-hydrogen) atoms. The average Bonchev–Trinajstić information content (AvgIpc) is 3.03. The van der Waals surface area contributed by atoms with Crippen LogP contribution in [-0.4, -0.2) is 21.3 Å². The van der Waals surface area contributed by atoms with Crippen molar-refractivity contribution in [2.24, 2.45) is 5.92 Å². The Kier molecular flexibility index (Phi) is 5.09. The molecule has 5 nitrogen and oxygen atoms in total. The molecule has 0 N–H and O–H groups in total. The van der Waals surface area contributed by atoms with Crippen molar-refractivity contribution >= 4 is 0 Å². The lowest BCUT2D eigenvalue weighted by molar-refractivity contribution is 0.118. The number of hydrogen-bond acceptors (Lipinski definition) is 5. The summed E-state index contributed by atoms with van der Waals surface area (Å²) in [5.41, 5.74) is 4.44. The van der Waals surface area contributed by atoms with Gasteiger partial charge in [-0.15, -0.1) is 0 Å². The van der Waals surface area contributed by atoms with Crippen LogP contribution in [0.4, 0.5) is 0 Å². The van der Waals surface area contributed by atoms with Gasteiger partial charge in [0, 0.05) is 30.3 Å². The van der Waals surface area contributed by atoms with E-state index in [1.165, 1.54) is 36.8 Å². The van der Waals surface area contributed by atoms with Crippen LogP contribution in [0.15, 0.2) is 9.05 Å². The predicted octanol–water partition coefficient (Wildman–Crippen LogP) is 4.48. The van der Waals surface area contributed by atoms with Crippen molar-refractivity contribution in [3.8, 4) is 0 Å². The normalized spacial score (nSPS) is 21.6. The topological polar surface area (TPSA) is 55.3 Å². The Balaban J connectivity index is 1.85. The summed E-state index contributed by atoms with van der Waals surface area (Å²) in [6, 6.07) is 0.594. The minimum absolute atomic E-state index is 0.594. The van der Waals surface area contributed by atoms with Crippen LogP contribution in [0.5, 0.6) is 0 Å². The fourth-order valence-corrected chi connectivity index (χ4v) is 3.91. The monoisotopic (exact) mass is 331 g/mol. The lowest BCUT2D eigenvalue weighted by Crippen LogP contribution is -2.38. The number of aromatic nitrogens is 2. The van der Waals surface area contributed by atoms with E-state index in [0.717, 1.165) is 41.9 Å². The first kappa shape index (κ1) is 17.2. The molecule has 1 aliphatic rings. The van der Waals surface area contributed by atoms with Crippen LogP contribution >= 0.6 is 0 Å². The highest BCUT2D eigenvalue weighted by molar-refractivity contribution is 5.23. The van der Waals surface area contributed by atoms with Crippen LogP contribution in [0.1, 0.15) is 66.6 Å². The van der Waals surface area contributed by atoms with E-state index in [9.17, 15) is 0 Å². The number of hydrogen-bond donors (Lipinski definition) is 0. The van der Waals surface area contributed by atoms with Gasteiger partial charge in [-0.25, -0.2) is 0 Å². The molecule has 0 amide bonds. The van der Waals surface area contributed by atoms with Gasteiger partial charge >= 0.3 is 0 Å². The van der Waals surface area contributed by atoms with Gasteiger partial charge in [-0.1, -0.05) is 30.1 Å². The molecule has 132 valence electrons. The molecule has 0 aliphatic heterocycles. The third-order valence-electron chi connectivity index (χ3n) is 5.51. The van der Waals surface area contributed by atoms with Crippen LogP contribution < -0.4 is 0 Å². The smallest absolute Gasteiger partial charge is 0.138 e. The quantitative estimate of drug-likeness (QED) is 0.808. The molecule has 0 spiro atoms. The Morgan fingerprint density at radius 2 is 1.46 bits per heavy atom. The molecule has 2 heterocycles. The third kappa shape index (κ3) is 3.56. The highest BCUT2D eigenvalue weighted by Gasteiger charge is 2.28. The fraction of sp³-hybridized carbons (Fsp3) is 0.684. The first-order valence-corrected chi connectivity index (χ1v) is 9.03. The molecule has 0 unspecified atom stereocenters. The van der Waals surface area contributed by atoms with Gasteiger partial charge in [-0.05, 0) is 46.5 Å². The maximum atomic E-state index is 5.38. The second-order valence-corrected chi connectivity index (χ2v) is 7.44. The standard InChI is InChI=1S/C19H29N3O2/c1-12-7-6-8-17(9-12)22(10-18-13(2)20-23-15(18)4)11-19-14(3)21-24-16(19)5/h12,17H,6-11H2,1-5H3/t12-,17-/m0/s1. The molecular weight excluding hydrogens is 302 g/mol. The van der Waals surface area contributed by atoms with Crippen LogP contribution in [-0.2, 0) is 13.1 Å². The van der Waals surface area contributed by atoms with Crippen molar-refractivity contribution in [1.29, 1.82) is 0 Å². The Morgan fingerprint density at radius 1 is 0.917 bits per heavy atom. The third-order valence-corrected chi connectivity index (χ3v) is 5.51. The molecule has 2 atom stereocenters. The van der Waals surface area contributed by atoms with E-state index in [-0.39, 0.29) is 0 Å². The van der Waals surface area contributed by atoms with Gasteiger partial charge in [0.05, 0.1) is 11.4 Å². The molecule has 2 aromatic rings. The van der Waals surface area contributed by atoms with Gasteiger partial charge in [0.1, 0.15) is 11.5 Å². The summed E-state index contributed by atoms with van der Waals surface area (Å²) in [5.74, 6) is 2.65. The van der Waals surface area contributed by atoms with Crippen molar-refractivity contribution in [2.45, 2.75) is 79.4 Å². The first-order chi connectivity index (χ1) is 11.5. The zero-order valence-corrected chi connectivity index (χ0v) is 15.6. The van der Waals surface area contributed by atoms with Gasteiger partial charge in [0.2, 0.25) is 0 Å². The SMILES string of the molecule is Cc1noc(C)c1CN(Cc1c(C)noc1C)[C@H]1CCC[C@H](C)C1. The molecule has 0 aromatic carbocycles. The second kappa shape index (κ2) is 7.09. The van der Waals surface area contributed by atoms with Gasteiger partial charge < -0.3 is 9.05 Å². The lowest BCUT2D eigenvalue weighted by Gasteiger charge is -2.36. The van der Waals surface area contributed by atoms with E-state index in [1.807, 2.05) is 27.7 Å². The summed E-state index contributed by atoms with van der Waals surface area (Å²) >= 11 is 0. The zero-order valence-electron chi connectivity index (χ0n) is 15.6. The summed E-state index contributed by atoms with van der Waals surface area (Å²) in [6.07, 6.45) is 5.18. The number of nitrogens with zero attached hydrogens (tertiary/aromatic N) is 3.